The minimum Gasteiger partial charge on any atom is -0.359 e. The number of piperazine rings is 2. The van der Waals surface area contributed by atoms with E-state index in [9.17, 15) is 14.0 Å². The standard InChI is InChI=1S/C28H35N9O2S2.C27H32FN9O2S2/c1-5-9-36-10-12-37(13-11-36)25-16-23(33-28(34-25)40-4)32-27-29-17-22(41-27)19-7-8-21(18(3)14-19)30-26(38)31-24-15-20(6-2)39-35-24;1-4-8-36-9-11-37(12-10-36)24-15-22(33-27(34-24)40-3)32-26-29-16-21(41-26)17-6-7-20(19(28)13-17)30-25(38)31-23-14-18(5-2)39-35-23/h7-8,14-17H,5-6,9-13H2,1-4H3,(H,29,32,33,34)(H2,30,31,35,38);6-7,13-16H,4-5,8-12H2,1-3H3,(H,29,32,33,34)(H2,30,31,35,38). The van der Waals surface area contributed by atoms with Crippen molar-refractivity contribution in [3.63, 3.8) is 0 Å². The summed E-state index contributed by atoms with van der Waals surface area (Å²) in [7, 11) is 0. The number of amides is 4. The maximum Gasteiger partial charge on any atom is 0.325 e. The van der Waals surface area contributed by atoms with Crippen LogP contribution in [0.1, 0.15) is 57.6 Å². The highest BCUT2D eigenvalue weighted by atomic mass is 32.2. The van der Waals surface area contributed by atoms with Gasteiger partial charge >= 0.3 is 12.1 Å². The van der Waals surface area contributed by atoms with E-state index in [-0.39, 0.29) is 17.5 Å². The molecule has 6 aromatic heterocycles. The monoisotopic (exact) mass is 1190 g/mol. The minimum atomic E-state index is -0.617. The van der Waals surface area contributed by atoms with Gasteiger partial charge in [0.25, 0.3) is 0 Å². The second-order valence-corrected chi connectivity index (χ2v) is 22.7. The molecule has 82 heavy (non-hydrogen) atoms. The third kappa shape index (κ3) is 16.0. The highest BCUT2D eigenvalue weighted by Gasteiger charge is 2.22. The van der Waals surface area contributed by atoms with Gasteiger partial charge in [-0.25, -0.2) is 43.9 Å². The Morgan fingerprint density at radius 3 is 1.44 bits per heavy atom. The topological polar surface area (TPSA) is 249 Å². The van der Waals surface area contributed by atoms with Gasteiger partial charge in [0, 0.05) is 108 Å². The Bertz CT molecular complexity index is 3190. The van der Waals surface area contributed by atoms with Gasteiger partial charge in [0.2, 0.25) is 0 Å². The lowest BCUT2D eigenvalue weighted by atomic mass is 10.1. The molecule has 2 aliphatic rings. The van der Waals surface area contributed by atoms with Crippen LogP contribution in [0.15, 0.2) is 92.4 Å². The maximum absolute atomic E-state index is 14.9. The van der Waals surface area contributed by atoms with Crippen LogP contribution in [-0.4, -0.2) is 140 Å². The first-order valence-corrected chi connectivity index (χ1v) is 31.2. The average Bonchev–Trinajstić information content (AvgIpc) is 4.50. The Balaban J connectivity index is 0.000000198. The SMILES string of the molecule is CCCN1CCN(c2cc(Nc3ncc(-c4ccc(NC(=O)Nc5cc(CC)on5)c(C)c4)s3)nc(SC)n2)CC1.CCCN1CCN(c2cc(Nc3ncc(-c4ccc(NC(=O)Nc5cc(CC)on5)c(F)c4)s3)nc(SC)n2)CC1. The molecule has 0 radical (unpaired) electrons. The third-order valence-corrected chi connectivity index (χ3v) is 16.3. The van der Waals surface area contributed by atoms with Crippen LogP contribution in [0.5, 0.6) is 0 Å². The van der Waals surface area contributed by atoms with E-state index >= 15 is 0 Å². The molecule has 2 aliphatic heterocycles. The molecule has 0 saturated carbocycles. The summed E-state index contributed by atoms with van der Waals surface area (Å²) in [5.41, 5.74) is 3.34. The molecular formula is C55H67FN18O4S4. The van der Waals surface area contributed by atoms with Crippen molar-refractivity contribution in [3.05, 3.63) is 96.0 Å². The summed E-state index contributed by atoms with van der Waals surface area (Å²) in [6.45, 7) is 20.4. The van der Waals surface area contributed by atoms with Gasteiger partial charge in [-0.2, -0.15) is 0 Å². The van der Waals surface area contributed by atoms with Crippen LogP contribution < -0.4 is 41.7 Å². The lowest BCUT2D eigenvalue weighted by molar-refractivity contribution is 0.258. The fourth-order valence-corrected chi connectivity index (χ4v) is 11.4. The first kappa shape index (κ1) is 59.2. The number of hydrogen-bond acceptors (Lipinski definition) is 22. The van der Waals surface area contributed by atoms with E-state index in [1.54, 1.807) is 35.7 Å². The summed E-state index contributed by atoms with van der Waals surface area (Å²) in [6, 6.07) is 16.8. The van der Waals surface area contributed by atoms with Crippen molar-refractivity contribution >= 4 is 115 Å². The molecule has 432 valence electrons. The number of aryl methyl sites for hydroxylation is 3. The Hall–Kier alpha value is -7.43. The normalized spacial score (nSPS) is 13.8. The molecule has 0 unspecified atom stereocenters. The second kappa shape index (κ2) is 28.5. The zero-order valence-electron chi connectivity index (χ0n) is 46.8. The summed E-state index contributed by atoms with van der Waals surface area (Å²) < 4.78 is 25.1. The van der Waals surface area contributed by atoms with Crippen LogP contribution in [0.2, 0.25) is 0 Å². The van der Waals surface area contributed by atoms with Crippen molar-refractivity contribution in [1.82, 2.24) is 50.0 Å². The first-order valence-electron chi connectivity index (χ1n) is 27.1. The van der Waals surface area contributed by atoms with Crippen molar-refractivity contribution in [1.29, 1.82) is 0 Å². The lowest BCUT2D eigenvalue weighted by Gasteiger charge is -2.35. The number of rotatable bonds is 20. The molecule has 6 N–H and O–H groups in total. The van der Waals surface area contributed by atoms with Crippen LogP contribution in [0.4, 0.5) is 70.5 Å². The lowest BCUT2D eigenvalue weighted by Crippen LogP contribution is -2.46. The van der Waals surface area contributed by atoms with Crippen molar-refractivity contribution in [2.24, 2.45) is 0 Å². The highest BCUT2D eigenvalue weighted by molar-refractivity contribution is 7.98. The molecule has 2 fully saturated rings. The van der Waals surface area contributed by atoms with Gasteiger partial charge in [0.1, 0.15) is 40.6 Å². The van der Waals surface area contributed by atoms with E-state index in [0.29, 0.717) is 57.5 Å². The number of thioether (sulfide) groups is 2. The molecule has 8 heterocycles. The Morgan fingerprint density at radius 2 is 1.02 bits per heavy atom. The number of nitrogens with zero attached hydrogens (tertiary/aromatic N) is 12. The quantitative estimate of drug-likeness (QED) is 0.0307. The van der Waals surface area contributed by atoms with Crippen LogP contribution in [-0.2, 0) is 12.8 Å². The van der Waals surface area contributed by atoms with Crippen LogP contribution in [0.3, 0.4) is 0 Å². The van der Waals surface area contributed by atoms with Crippen molar-refractivity contribution in [3.8, 4) is 20.9 Å². The number of halogens is 1. The number of benzene rings is 2. The zero-order chi connectivity index (χ0) is 57.5. The molecule has 0 spiro atoms. The molecule has 8 aromatic rings. The summed E-state index contributed by atoms with van der Waals surface area (Å²) in [4.78, 5) is 63.9. The predicted molar refractivity (Wildman–Crippen MR) is 329 cm³/mol. The van der Waals surface area contributed by atoms with Crippen molar-refractivity contribution in [2.75, 3.05) is 120 Å². The van der Waals surface area contributed by atoms with Gasteiger partial charge in [-0.05, 0) is 86.3 Å². The zero-order valence-corrected chi connectivity index (χ0v) is 50.1. The average molecular weight is 1190 g/mol. The molecule has 10 rings (SSSR count). The van der Waals surface area contributed by atoms with Gasteiger partial charge in [0.15, 0.2) is 32.2 Å². The molecule has 0 atom stereocenters. The summed E-state index contributed by atoms with van der Waals surface area (Å²) in [5, 5.41) is 27.7. The number of nitrogens with one attached hydrogen (secondary N) is 6. The van der Waals surface area contributed by atoms with Crippen molar-refractivity contribution < 1.29 is 23.0 Å². The minimum absolute atomic E-state index is 0.0435. The number of thiazole rings is 2. The van der Waals surface area contributed by atoms with E-state index in [1.807, 2.05) is 69.8 Å². The molecule has 4 amide bonds. The third-order valence-electron chi connectivity index (χ3n) is 13.3. The van der Waals surface area contributed by atoms with E-state index in [4.69, 9.17) is 19.0 Å². The van der Waals surface area contributed by atoms with Gasteiger partial charge in [-0.1, -0.05) is 96.3 Å². The van der Waals surface area contributed by atoms with Gasteiger partial charge < -0.3 is 40.1 Å². The fraction of sp³-hybridized carbons (Fsp3) is 0.382. The summed E-state index contributed by atoms with van der Waals surface area (Å²) in [6.07, 6.45) is 11.2. The number of anilines is 10. The predicted octanol–water partition coefficient (Wildman–Crippen LogP) is 12.0. The second-order valence-electron chi connectivity index (χ2n) is 19.1. The summed E-state index contributed by atoms with van der Waals surface area (Å²) in [5.74, 6) is 4.65. The van der Waals surface area contributed by atoms with Gasteiger partial charge in [-0.3, -0.25) is 20.4 Å². The highest BCUT2D eigenvalue weighted by Crippen LogP contribution is 2.35. The van der Waals surface area contributed by atoms with Crippen molar-refractivity contribution in [2.45, 2.75) is 70.6 Å². The van der Waals surface area contributed by atoms with Crippen LogP contribution >= 0.6 is 46.2 Å². The first-order chi connectivity index (χ1) is 39.9. The fourth-order valence-electron chi connectivity index (χ4n) is 8.99. The maximum atomic E-state index is 14.9. The Morgan fingerprint density at radius 1 is 0.573 bits per heavy atom. The number of aromatic nitrogens is 8. The molecule has 0 aliphatic carbocycles. The molecule has 2 saturated heterocycles. The van der Waals surface area contributed by atoms with E-state index in [0.717, 1.165) is 120 Å². The number of hydrogen-bond donors (Lipinski definition) is 6. The molecule has 0 bridgehead atoms. The Kier molecular flexibility index (Phi) is 20.6. The largest absolute Gasteiger partial charge is 0.359 e. The van der Waals surface area contributed by atoms with Gasteiger partial charge in [0.05, 0.1) is 15.4 Å². The number of urea groups is 2. The summed E-state index contributed by atoms with van der Waals surface area (Å²) >= 11 is 5.95. The van der Waals surface area contributed by atoms with E-state index in [1.165, 1.54) is 53.4 Å². The molecule has 27 heteroatoms. The van der Waals surface area contributed by atoms with Gasteiger partial charge in [-0.15, -0.1) is 0 Å². The Labute approximate surface area is 492 Å². The van der Waals surface area contributed by atoms with E-state index in [2.05, 4.69) is 95.6 Å². The van der Waals surface area contributed by atoms with Crippen LogP contribution in [0, 0.1) is 12.7 Å². The molecule has 2 aromatic carbocycles. The molecular weight excluding hydrogens is 1120 g/mol. The number of carbonyl (C=O) groups is 2. The van der Waals surface area contributed by atoms with E-state index < -0.39 is 11.8 Å². The number of carbonyl (C=O) groups excluding carboxylic acids is 2. The molecule has 22 nitrogen and oxygen atoms in total. The van der Waals surface area contributed by atoms with Crippen LogP contribution in [0.25, 0.3) is 20.9 Å². The smallest absolute Gasteiger partial charge is 0.325 e.